The van der Waals surface area contributed by atoms with Gasteiger partial charge in [-0.25, -0.2) is 4.79 Å². The molecule has 0 unspecified atom stereocenters. The number of piperazine rings is 1. The predicted molar refractivity (Wildman–Crippen MR) is 105 cm³/mol. The van der Waals surface area contributed by atoms with Gasteiger partial charge in [-0.3, -0.25) is 9.69 Å². The van der Waals surface area contributed by atoms with Gasteiger partial charge < -0.3 is 14.4 Å². The molecule has 0 radical (unpaired) electrons. The summed E-state index contributed by atoms with van der Waals surface area (Å²) in [5, 5.41) is 0. The minimum absolute atomic E-state index is 0.128. The summed E-state index contributed by atoms with van der Waals surface area (Å²) in [4.78, 5) is 28.6. The third-order valence-corrected chi connectivity index (χ3v) is 7.37. The lowest BCUT2D eigenvalue weighted by atomic mass is 10.1. The van der Waals surface area contributed by atoms with Gasteiger partial charge in [0.05, 0.1) is 13.2 Å². The number of hydrogen-bond acceptors (Lipinski definition) is 6. The maximum atomic E-state index is 13.0. The molecule has 3 fully saturated rings. The maximum Gasteiger partial charge on any atom is 0.410 e. The lowest BCUT2D eigenvalue weighted by molar-refractivity contribution is -0.137. The molecule has 0 aromatic heterocycles. The molecule has 3 aliphatic rings. The third kappa shape index (κ3) is 5.19. The zero-order valence-corrected chi connectivity index (χ0v) is 18.3. The van der Waals surface area contributed by atoms with Gasteiger partial charge in [-0.15, -0.1) is 0 Å². The van der Waals surface area contributed by atoms with E-state index in [0.717, 1.165) is 6.42 Å². The van der Waals surface area contributed by atoms with E-state index in [9.17, 15) is 18.0 Å². The highest BCUT2D eigenvalue weighted by molar-refractivity contribution is 7.86. The minimum Gasteiger partial charge on any atom is -0.444 e. The van der Waals surface area contributed by atoms with Crippen molar-refractivity contribution >= 4 is 22.2 Å². The molecule has 0 N–H and O–H groups in total. The molecular formula is C18H32N4O6S. The van der Waals surface area contributed by atoms with Crippen molar-refractivity contribution in [3.63, 3.8) is 0 Å². The number of morpholine rings is 1. The molecule has 0 bridgehead atoms. The number of carbonyl (C=O) groups excluding carboxylic acids is 2. The Bertz CT molecular complexity index is 708. The van der Waals surface area contributed by atoms with Crippen LogP contribution in [0.4, 0.5) is 4.79 Å². The van der Waals surface area contributed by atoms with Crippen LogP contribution >= 0.6 is 0 Å². The van der Waals surface area contributed by atoms with Crippen LogP contribution in [0.15, 0.2) is 0 Å². The first kappa shape index (κ1) is 22.3. The summed E-state index contributed by atoms with van der Waals surface area (Å²) in [6, 6.07) is -0.535. The summed E-state index contributed by atoms with van der Waals surface area (Å²) in [5.74, 6) is -0.128. The Hall–Kier alpha value is -1.43. The number of rotatable bonds is 3. The molecule has 2 amide bonds. The van der Waals surface area contributed by atoms with E-state index in [1.54, 1.807) is 25.7 Å². The highest BCUT2D eigenvalue weighted by Crippen LogP contribution is 2.23. The topological polar surface area (TPSA) is 99.7 Å². The second-order valence-electron chi connectivity index (χ2n) is 8.58. The molecule has 11 heteroatoms. The quantitative estimate of drug-likeness (QED) is 0.628. The van der Waals surface area contributed by atoms with Gasteiger partial charge in [0.25, 0.3) is 10.2 Å². The lowest BCUT2D eigenvalue weighted by Crippen LogP contribution is -2.58. The van der Waals surface area contributed by atoms with Gasteiger partial charge in [0, 0.05) is 45.8 Å². The highest BCUT2D eigenvalue weighted by Gasteiger charge is 2.40. The fourth-order valence-electron chi connectivity index (χ4n) is 3.85. The van der Waals surface area contributed by atoms with Gasteiger partial charge in [-0.2, -0.15) is 17.0 Å². The average molecular weight is 433 g/mol. The molecule has 1 atom stereocenters. The van der Waals surface area contributed by atoms with E-state index in [1.165, 1.54) is 13.5 Å². The van der Waals surface area contributed by atoms with Crippen molar-refractivity contribution in [3.8, 4) is 0 Å². The van der Waals surface area contributed by atoms with Crippen LogP contribution in [0.3, 0.4) is 0 Å². The number of amides is 2. The van der Waals surface area contributed by atoms with Crippen LogP contribution in [0, 0.1) is 0 Å². The first-order valence-electron chi connectivity index (χ1n) is 10.2. The van der Waals surface area contributed by atoms with E-state index >= 15 is 0 Å². The van der Waals surface area contributed by atoms with Crippen LogP contribution in [-0.2, 0) is 24.5 Å². The minimum atomic E-state index is -3.53. The number of likely N-dealkylation sites (tertiary alicyclic amines) is 1. The second-order valence-corrected chi connectivity index (χ2v) is 10.5. The van der Waals surface area contributed by atoms with Crippen molar-refractivity contribution in [2.24, 2.45) is 0 Å². The van der Waals surface area contributed by atoms with E-state index in [0.29, 0.717) is 52.4 Å². The van der Waals surface area contributed by atoms with E-state index < -0.39 is 27.9 Å². The predicted octanol–water partition coefficient (Wildman–Crippen LogP) is 0.107. The van der Waals surface area contributed by atoms with Crippen LogP contribution < -0.4 is 0 Å². The third-order valence-electron chi connectivity index (χ3n) is 5.34. The average Bonchev–Trinajstić information content (AvgIpc) is 3.17. The molecule has 3 saturated heterocycles. The Kier molecular flexibility index (Phi) is 6.71. The van der Waals surface area contributed by atoms with Gasteiger partial charge in [0.2, 0.25) is 5.91 Å². The summed E-state index contributed by atoms with van der Waals surface area (Å²) in [7, 11) is -3.53. The summed E-state index contributed by atoms with van der Waals surface area (Å²) >= 11 is 0. The molecular weight excluding hydrogens is 400 g/mol. The Morgan fingerprint density at radius 1 is 0.931 bits per heavy atom. The highest BCUT2D eigenvalue weighted by atomic mass is 32.2. The van der Waals surface area contributed by atoms with Crippen molar-refractivity contribution in [2.75, 3.05) is 59.0 Å². The Morgan fingerprint density at radius 3 is 2.10 bits per heavy atom. The van der Waals surface area contributed by atoms with Gasteiger partial charge in [-0.1, -0.05) is 0 Å². The van der Waals surface area contributed by atoms with Crippen LogP contribution in [0.2, 0.25) is 0 Å². The fourth-order valence-corrected chi connectivity index (χ4v) is 5.41. The van der Waals surface area contributed by atoms with E-state index in [4.69, 9.17) is 9.47 Å². The number of nitrogens with zero attached hydrogens (tertiary/aromatic N) is 4. The maximum absolute atomic E-state index is 13.0. The normalized spacial score (nSPS) is 25.3. The number of ether oxygens (including phenoxy) is 2. The summed E-state index contributed by atoms with van der Waals surface area (Å²) in [6.45, 7) is 8.56. The Labute approximate surface area is 172 Å². The smallest absolute Gasteiger partial charge is 0.410 e. The molecule has 0 spiro atoms. The molecule has 3 rings (SSSR count). The number of carbonyl (C=O) groups is 2. The Balaban J connectivity index is 1.57. The molecule has 0 aromatic carbocycles. The van der Waals surface area contributed by atoms with Crippen LogP contribution in [0.25, 0.3) is 0 Å². The van der Waals surface area contributed by atoms with Gasteiger partial charge >= 0.3 is 6.09 Å². The SMILES string of the molecule is CC(C)(C)OC(=O)N1CCC[C@@H]1C(=O)N1CCN(S(=O)(=O)N2CCOCC2)CC1. The van der Waals surface area contributed by atoms with Crippen LogP contribution in [0.1, 0.15) is 33.6 Å². The molecule has 0 aromatic rings. The van der Waals surface area contributed by atoms with E-state index in [-0.39, 0.29) is 19.0 Å². The summed E-state index contributed by atoms with van der Waals surface area (Å²) < 4.78 is 39.1. The lowest BCUT2D eigenvalue weighted by Gasteiger charge is -2.39. The first-order valence-corrected chi connectivity index (χ1v) is 11.6. The second kappa shape index (κ2) is 8.75. The molecule has 3 aliphatic heterocycles. The molecule has 0 aliphatic carbocycles. The van der Waals surface area contributed by atoms with Gasteiger partial charge in [-0.05, 0) is 33.6 Å². The van der Waals surface area contributed by atoms with Crippen LogP contribution in [-0.4, -0.2) is 109 Å². The summed E-state index contributed by atoms with van der Waals surface area (Å²) in [5.41, 5.74) is -0.618. The van der Waals surface area contributed by atoms with E-state index in [2.05, 4.69) is 0 Å². The summed E-state index contributed by atoms with van der Waals surface area (Å²) in [6.07, 6.45) is 0.882. The van der Waals surface area contributed by atoms with Crippen molar-refractivity contribution in [1.82, 2.24) is 18.4 Å². The zero-order valence-electron chi connectivity index (χ0n) is 17.5. The van der Waals surface area contributed by atoms with Crippen molar-refractivity contribution in [2.45, 2.75) is 45.3 Å². The molecule has 0 saturated carbocycles. The van der Waals surface area contributed by atoms with Gasteiger partial charge in [0.15, 0.2) is 0 Å². The van der Waals surface area contributed by atoms with Gasteiger partial charge in [0.1, 0.15) is 11.6 Å². The first-order chi connectivity index (χ1) is 13.6. The molecule has 29 heavy (non-hydrogen) atoms. The molecule has 3 heterocycles. The van der Waals surface area contributed by atoms with E-state index in [1.807, 2.05) is 0 Å². The Morgan fingerprint density at radius 2 is 1.52 bits per heavy atom. The fraction of sp³-hybridized carbons (Fsp3) is 0.889. The van der Waals surface area contributed by atoms with Crippen LogP contribution in [0.5, 0.6) is 0 Å². The monoisotopic (exact) mass is 432 g/mol. The van der Waals surface area contributed by atoms with Crippen molar-refractivity contribution in [1.29, 1.82) is 0 Å². The van der Waals surface area contributed by atoms with Crippen molar-refractivity contribution in [3.05, 3.63) is 0 Å². The number of hydrogen-bond donors (Lipinski definition) is 0. The zero-order chi connectivity index (χ0) is 21.2. The standard InChI is InChI=1S/C18H32N4O6S/c1-18(2,3)28-17(24)22-6-4-5-15(22)16(23)19-7-9-20(10-8-19)29(25,26)21-11-13-27-14-12-21/h15H,4-14H2,1-3H3/t15-/m1/s1. The van der Waals surface area contributed by atoms with Crippen molar-refractivity contribution < 1.29 is 27.5 Å². The largest absolute Gasteiger partial charge is 0.444 e. The molecule has 10 nitrogen and oxygen atoms in total. The molecule has 166 valence electrons.